The molecular weight excluding hydrogens is 470 g/mol. The van der Waals surface area contributed by atoms with Gasteiger partial charge >= 0.3 is 0 Å². The fourth-order valence-corrected chi connectivity index (χ4v) is 4.70. The Kier molecular flexibility index (Phi) is 8.71. The maximum Gasteiger partial charge on any atom is 0.257 e. The van der Waals surface area contributed by atoms with E-state index in [0.717, 1.165) is 31.7 Å². The Morgan fingerprint density at radius 1 is 1.08 bits per heavy atom. The van der Waals surface area contributed by atoms with E-state index in [1.54, 1.807) is 44.4 Å². The maximum atomic E-state index is 13.5. The highest BCUT2D eigenvalue weighted by molar-refractivity contribution is 6.00. The molecule has 0 saturated heterocycles. The standard InChI is InChI=1S/C29H39N3O5/c1-19-15-32(16-21-6-11-24(35-4)12-7-21)20(2)18-37-26-13-10-23(30-28(33)22-8-9-22)14-25(26)29(34)31(3)17-27(19)36-5/h6-7,10-14,19-20,22,27H,8-9,15-18H2,1-5H3,(H,30,33)/t19-,20-,27-/m1/s1. The van der Waals surface area contributed by atoms with Gasteiger partial charge in [-0.2, -0.15) is 0 Å². The molecule has 2 amide bonds. The number of amides is 2. The third kappa shape index (κ3) is 6.81. The number of ether oxygens (including phenoxy) is 3. The monoisotopic (exact) mass is 509 g/mol. The van der Waals surface area contributed by atoms with E-state index in [1.807, 2.05) is 12.1 Å². The fourth-order valence-electron chi connectivity index (χ4n) is 4.70. The Labute approximate surface area is 219 Å². The minimum Gasteiger partial charge on any atom is -0.497 e. The van der Waals surface area contributed by atoms with Gasteiger partial charge in [-0.15, -0.1) is 0 Å². The van der Waals surface area contributed by atoms with Crippen molar-refractivity contribution in [2.24, 2.45) is 11.8 Å². The lowest BCUT2D eigenvalue weighted by Gasteiger charge is -2.36. The number of benzene rings is 2. The molecule has 2 aliphatic rings. The van der Waals surface area contributed by atoms with Crippen LogP contribution in [0.25, 0.3) is 0 Å². The van der Waals surface area contributed by atoms with E-state index in [-0.39, 0.29) is 35.8 Å². The van der Waals surface area contributed by atoms with Crippen LogP contribution in [-0.2, 0) is 16.1 Å². The molecule has 8 nitrogen and oxygen atoms in total. The van der Waals surface area contributed by atoms with Crippen LogP contribution in [0.2, 0.25) is 0 Å². The number of nitrogens with one attached hydrogen (secondary N) is 1. The van der Waals surface area contributed by atoms with Gasteiger partial charge in [0.15, 0.2) is 0 Å². The van der Waals surface area contributed by atoms with Crippen LogP contribution in [0.15, 0.2) is 42.5 Å². The molecule has 8 heteroatoms. The normalized spacial score (nSPS) is 23.3. The number of carbonyl (C=O) groups excluding carboxylic acids is 2. The summed E-state index contributed by atoms with van der Waals surface area (Å²) >= 11 is 0. The third-order valence-electron chi connectivity index (χ3n) is 7.33. The first-order chi connectivity index (χ1) is 17.8. The highest BCUT2D eigenvalue weighted by Gasteiger charge is 2.31. The zero-order valence-electron chi connectivity index (χ0n) is 22.5. The lowest BCUT2D eigenvalue weighted by molar-refractivity contribution is -0.117. The van der Waals surface area contributed by atoms with E-state index in [1.165, 1.54) is 5.56 Å². The number of carbonyl (C=O) groups is 2. The average molecular weight is 510 g/mol. The summed E-state index contributed by atoms with van der Waals surface area (Å²) in [6.45, 7) is 6.70. The summed E-state index contributed by atoms with van der Waals surface area (Å²) in [4.78, 5) is 29.9. The van der Waals surface area contributed by atoms with Crippen molar-refractivity contribution in [3.63, 3.8) is 0 Å². The molecule has 1 fully saturated rings. The fraction of sp³-hybridized carbons (Fsp3) is 0.517. The molecule has 2 aromatic rings. The van der Waals surface area contributed by atoms with Crippen LogP contribution in [0.4, 0.5) is 5.69 Å². The third-order valence-corrected chi connectivity index (χ3v) is 7.33. The molecule has 1 aliphatic heterocycles. The van der Waals surface area contributed by atoms with Crippen molar-refractivity contribution in [1.29, 1.82) is 0 Å². The van der Waals surface area contributed by atoms with Crippen molar-refractivity contribution < 1.29 is 23.8 Å². The first-order valence-corrected chi connectivity index (χ1v) is 13.0. The smallest absolute Gasteiger partial charge is 0.257 e. The van der Waals surface area contributed by atoms with E-state index >= 15 is 0 Å². The molecule has 1 aliphatic carbocycles. The maximum absolute atomic E-state index is 13.5. The second-order valence-electron chi connectivity index (χ2n) is 10.3. The zero-order valence-corrected chi connectivity index (χ0v) is 22.5. The highest BCUT2D eigenvalue weighted by atomic mass is 16.5. The molecule has 37 heavy (non-hydrogen) atoms. The van der Waals surface area contributed by atoms with Gasteiger partial charge in [-0.3, -0.25) is 14.5 Å². The largest absolute Gasteiger partial charge is 0.497 e. The van der Waals surface area contributed by atoms with Gasteiger partial charge in [0.25, 0.3) is 5.91 Å². The van der Waals surface area contributed by atoms with Crippen LogP contribution in [0.1, 0.15) is 42.6 Å². The van der Waals surface area contributed by atoms with Crippen LogP contribution in [-0.4, -0.2) is 74.7 Å². The van der Waals surface area contributed by atoms with Crippen molar-refractivity contribution in [3.05, 3.63) is 53.6 Å². The van der Waals surface area contributed by atoms with Crippen molar-refractivity contribution in [3.8, 4) is 11.5 Å². The predicted octanol–water partition coefficient (Wildman–Crippen LogP) is 4.05. The summed E-state index contributed by atoms with van der Waals surface area (Å²) in [7, 11) is 5.15. The average Bonchev–Trinajstić information content (AvgIpc) is 3.75. The molecule has 1 saturated carbocycles. The summed E-state index contributed by atoms with van der Waals surface area (Å²) < 4.78 is 17.4. The van der Waals surface area contributed by atoms with E-state index in [9.17, 15) is 9.59 Å². The Morgan fingerprint density at radius 3 is 2.46 bits per heavy atom. The number of likely N-dealkylation sites (N-methyl/N-ethyl adjacent to an activating group) is 1. The van der Waals surface area contributed by atoms with Crippen LogP contribution in [0, 0.1) is 11.8 Å². The molecule has 0 bridgehead atoms. The predicted molar refractivity (Wildman–Crippen MR) is 143 cm³/mol. The number of hydrogen-bond acceptors (Lipinski definition) is 6. The SMILES string of the molecule is COc1ccc(CN2C[C@@H](C)[C@H](OC)CN(C)C(=O)c3cc(NC(=O)C4CC4)ccc3OC[C@H]2C)cc1. The van der Waals surface area contributed by atoms with Gasteiger partial charge in [0.1, 0.15) is 18.1 Å². The van der Waals surface area contributed by atoms with Crippen molar-refractivity contribution >= 4 is 17.5 Å². The summed E-state index contributed by atoms with van der Waals surface area (Å²) in [5, 5.41) is 2.95. The summed E-state index contributed by atoms with van der Waals surface area (Å²) in [6.07, 6.45) is 1.70. The summed E-state index contributed by atoms with van der Waals surface area (Å²) in [5.74, 6) is 1.45. The van der Waals surface area contributed by atoms with Gasteiger partial charge < -0.3 is 24.4 Å². The number of nitrogens with zero attached hydrogens (tertiary/aromatic N) is 2. The van der Waals surface area contributed by atoms with Gasteiger partial charge in [0, 0.05) is 51.4 Å². The Hall–Kier alpha value is -3.10. The number of fused-ring (bicyclic) bond motifs is 1. The molecule has 1 N–H and O–H groups in total. The Morgan fingerprint density at radius 2 is 1.81 bits per heavy atom. The molecule has 3 atom stereocenters. The highest BCUT2D eigenvalue weighted by Crippen LogP contribution is 2.32. The molecule has 1 heterocycles. The summed E-state index contributed by atoms with van der Waals surface area (Å²) in [6, 6.07) is 13.5. The van der Waals surface area contributed by atoms with Gasteiger partial charge in [-0.05, 0) is 61.6 Å². The van der Waals surface area contributed by atoms with Gasteiger partial charge in [0.05, 0.1) is 18.8 Å². The number of anilines is 1. The molecule has 0 unspecified atom stereocenters. The topological polar surface area (TPSA) is 80.3 Å². The van der Waals surface area contributed by atoms with E-state index in [2.05, 4.69) is 36.2 Å². The molecule has 0 aromatic heterocycles. The van der Waals surface area contributed by atoms with Gasteiger partial charge in [-0.1, -0.05) is 19.1 Å². The molecule has 2 aromatic carbocycles. The van der Waals surface area contributed by atoms with E-state index < -0.39 is 0 Å². The minimum absolute atomic E-state index is 0.00546. The Bertz CT molecular complexity index is 1090. The van der Waals surface area contributed by atoms with Crippen LogP contribution < -0.4 is 14.8 Å². The lowest BCUT2D eigenvalue weighted by atomic mass is 10.0. The molecule has 200 valence electrons. The molecule has 0 spiro atoms. The van der Waals surface area contributed by atoms with Crippen LogP contribution in [0.3, 0.4) is 0 Å². The van der Waals surface area contributed by atoms with E-state index in [4.69, 9.17) is 14.2 Å². The Balaban J connectivity index is 1.60. The lowest BCUT2D eigenvalue weighted by Crippen LogP contribution is -2.46. The van der Waals surface area contributed by atoms with Crippen LogP contribution in [0.5, 0.6) is 11.5 Å². The quantitative estimate of drug-likeness (QED) is 0.633. The second kappa shape index (κ2) is 12.0. The van der Waals surface area contributed by atoms with Crippen molar-refractivity contribution in [1.82, 2.24) is 9.80 Å². The van der Waals surface area contributed by atoms with E-state index in [0.29, 0.717) is 30.2 Å². The minimum atomic E-state index is -0.157. The van der Waals surface area contributed by atoms with Gasteiger partial charge in [-0.25, -0.2) is 0 Å². The zero-order chi connectivity index (χ0) is 26.5. The first kappa shape index (κ1) is 26.9. The molecular formula is C29H39N3O5. The first-order valence-electron chi connectivity index (χ1n) is 13.0. The number of hydrogen-bond donors (Lipinski definition) is 1. The number of rotatable bonds is 6. The van der Waals surface area contributed by atoms with Crippen molar-refractivity contribution in [2.75, 3.05) is 46.3 Å². The van der Waals surface area contributed by atoms with Crippen molar-refractivity contribution in [2.45, 2.75) is 45.4 Å². The number of methoxy groups -OCH3 is 2. The second-order valence-corrected chi connectivity index (χ2v) is 10.3. The van der Waals surface area contributed by atoms with Gasteiger partial charge in [0.2, 0.25) is 5.91 Å². The van der Waals surface area contributed by atoms with Crippen LogP contribution >= 0.6 is 0 Å². The molecule has 0 radical (unpaired) electrons. The summed E-state index contributed by atoms with van der Waals surface area (Å²) in [5.41, 5.74) is 2.23. The molecule has 4 rings (SSSR count).